The Kier molecular flexibility index (Phi) is 3.17. The number of alkyl halides is 3. The number of hydrogen-bond acceptors (Lipinski definition) is 2. The fourth-order valence-electron chi connectivity index (χ4n) is 2.65. The van der Waals surface area contributed by atoms with E-state index < -0.39 is 11.7 Å². The van der Waals surface area contributed by atoms with E-state index in [0.29, 0.717) is 4.70 Å². The Hall–Kier alpha value is -1.23. The molecule has 1 nitrogen and oxygen atoms in total. The van der Waals surface area contributed by atoms with Crippen molar-refractivity contribution in [1.29, 1.82) is 0 Å². The Labute approximate surface area is 113 Å². The molecule has 5 heteroatoms. The quantitative estimate of drug-likeness (QED) is 0.719. The predicted molar refractivity (Wildman–Crippen MR) is 72.9 cm³/mol. The van der Waals surface area contributed by atoms with Crippen molar-refractivity contribution >= 4 is 27.1 Å². The van der Waals surface area contributed by atoms with Gasteiger partial charge in [-0.3, -0.25) is 0 Å². The molecule has 0 spiro atoms. The predicted octanol–water partition coefficient (Wildman–Crippen LogP) is 4.91. The van der Waals surface area contributed by atoms with E-state index in [9.17, 15) is 13.2 Å². The van der Waals surface area contributed by atoms with Gasteiger partial charge in [-0.1, -0.05) is 12.1 Å². The van der Waals surface area contributed by atoms with Crippen LogP contribution in [0.1, 0.15) is 24.8 Å². The van der Waals surface area contributed by atoms with Gasteiger partial charge in [-0.2, -0.15) is 13.2 Å². The van der Waals surface area contributed by atoms with Gasteiger partial charge in [-0.15, -0.1) is 11.3 Å². The Morgan fingerprint density at radius 1 is 1.05 bits per heavy atom. The Morgan fingerprint density at radius 2 is 1.79 bits per heavy atom. The van der Waals surface area contributed by atoms with Gasteiger partial charge in [0.2, 0.25) is 0 Å². The van der Waals surface area contributed by atoms with Gasteiger partial charge in [-0.25, -0.2) is 0 Å². The van der Waals surface area contributed by atoms with Crippen LogP contribution >= 0.6 is 11.3 Å². The summed E-state index contributed by atoms with van der Waals surface area (Å²) in [4.78, 5) is 2.21. The molecule has 1 aromatic heterocycles. The third-order valence-corrected chi connectivity index (χ3v) is 4.60. The molecule has 1 fully saturated rings. The zero-order valence-corrected chi connectivity index (χ0v) is 11.2. The van der Waals surface area contributed by atoms with E-state index in [-0.39, 0.29) is 0 Å². The lowest BCUT2D eigenvalue weighted by atomic mass is 10.1. The van der Waals surface area contributed by atoms with Crippen LogP contribution in [0.2, 0.25) is 0 Å². The van der Waals surface area contributed by atoms with Crippen molar-refractivity contribution in [2.45, 2.75) is 25.4 Å². The SMILES string of the molecule is FC(F)(F)c1cccc2c(N3CCCCC3)csc12. The Bertz CT molecular complexity index is 582. The highest BCUT2D eigenvalue weighted by molar-refractivity contribution is 7.18. The number of halogens is 3. The number of benzene rings is 1. The van der Waals surface area contributed by atoms with Crippen LogP contribution in [-0.2, 0) is 6.18 Å². The first-order valence-corrected chi connectivity index (χ1v) is 7.28. The molecule has 1 saturated heterocycles. The lowest BCUT2D eigenvalue weighted by Crippen LogP contribution is -2.29. The molecule has 1 aliphatic heterocycles. The van der Waals surface area contributed by atoms with Crippen molar-refractivity contribution in [3.05, 3.63) is 29.1 Å². The van der Waals surface area contributed by atoms with Crippen LogP contribution < -0.4 is 4.90 Å². The fourth-order valence-corrected chi connectivity index (χ4v) is 3.76. The molecule has 19 heavy (non-hydrogen) atoms. The van der Waals surface area contributed by atoms with Crippen molar-refractivity contribution in [3.8, 4) is 0 Å². The molecular weight excluding hydrogens is 271 g/mol. The number of rotatable bonds is 1. The largest absolute Gasteiger partial charge is 0.417 e. The summed E-state index contributed by atoms with van der Waals surface area (Å²) in [5.74, 6) is 0. The van der Waals surface area contributed by atoms with Crippen LogP contribution in [0.3, 0.4) is 0 Å². The van der Waals surface area contributed by atoms with Gasteiger partial charge in [0.15, 0.2) is 0 Å². The van der Waals surface area contributed by atoms with Crippen molar-refractivity contribution in [3.63, 3.8) is 0 Å². The van der Waals surface area contributed by atoms with Crippen molar-refractivity contribution in [2.75, 3.05) is 18.0 Å². The standard InChI is InChI=1S/C14H14F3NS/c15-14(16,17)11-6-4-5-10-12(9-19-13(10)11)18-7-2-1-3-8-18/h4-6,9H,1-3,7-8H2. The van der Waals surface area contributed by atoms with E-state index in [1.165, 1.54) is 29.9 Å². The lowest BCUT2D eigenvalue weighted by molar-refractivity contribution is -0.136. The summed E-state index contributed by atoms with van der Waals surface area (Å²) in [7, 11) is 0. The first-order valence-electron chi connectivity index (χ1n) is 6.40. The summed E-state index contributed by atoms with van der Waals surface area (Å²) in [6.45, 7) is 1.89. The molecule has 0 radical (unpaired) electrons. The fraction of sp³-hybridized carbons (Fsp3) is 0.429. The zero-order valence-electron chi connectivity index (χ0n) is 10.3. The van der Waals surface area contributed by atoms with E-state index in [0.717, 1.165) is 37.0 Å². The van der Waals surface area contributed by atoms with Crippen molar-refractivity contribution in [2.24, 2.45) is 0 Å². The molecule has 0 bridgehead atoms. The summed E-state index contributed by atoms with van der Waals surface area (Å²) in [6.07, 6.45) is -0.817. The second kappa shape index (κ2) is 4.71. The highest BCUT2D eigenvalue weighted by Crippen LogP contribution is 2.42. The summed E-state index contributed by atoms with van der Waals surface area (Å²) in [5.41, 5.74) is 0.448. The molecule has 0 unspecified atom stereocenters. The number of piperidine rings is 1. The van der Waals surface area contributed by atoms with Gasteiger partial charge >= 0.3 is 6.18 Å². The van der Waals surface area contributed by atoms with E-state index in [2.05, 4.69) is 4.90 Å². The van der Waals surface area contributed by atoms with Crippen molar-refractivity contribution in [1.82, 2.24) is 0 Å². The lowest BCUT2D eigenvalue weighted by Gasteiger charge is -2.28. The number of thiophene rings is 1. The van der Waals surface area contributed by atoms with Gasteiger partial charge in [0, 0.05) is 28.6 Å². The number of nitrogens with zero attached hydrogens (tertiary/aromatic N) is 1. The first kappa shape index (κ1) is 12.8. The number of anilines is 1. The summed E-state index contributed by atoms with van der Waals surface area (Å²) < 4.78 is 39.2. The molecule has 0 aliphatic carbocycles. The highest BCUT2D eigenvalue weighted by atomic mass is 32.1. The normalized spacial score (nSPS) is 17.1. The molecule has 1 aromatic carbocycles. The minimum absolute atomic E-state index is 0.357. The van der Waals surface area contributed by atoms with Crippen LogP contribution in [0, 0.1) is 0 Å². The van der Waals surface area contributed by atoms with E-state index in [4.69, 9.17) is 0 Å². The topological polar surface area (TPSA) is 3.24 Å². The maximum atomic E-state index is 13.0. The molecule has 0 N–H and O–H groups in total. The average molecular weight is 285 g/mol. The minimum atomic E-state index is -4.27. The molecule has 0 saturated carbocycles. The average Bonchev–Trinajstić information content (AvgIpc) is 2.82. The molecule has 3 rings (SSSR count). The second-order valence-corrected chi connectivity index (χ2v) is 5.73. The van der Waals surface area contributed by atoms with Crippen LogP contribution in [-0.4, -0.2) is 13.1 Å². The van der Waals surface area contributed by atoms with E-state index in [1.807, 2.05) is 5.38 Å². The Morgan fingerprint density at radius 3 is 2.47 bits per heavy atom. The van der Waals surface area contributed by atoms with Gasteiger partial charge < -0.3 is 4.90 Å². The molecule has 1 aliphatic rings. The highest BCUT2D eigenvalue weighted by Gasteiger charge is 2.33. The summed E-state index contributed by atoms with van der Waals surface area (Å²) in [5, 5.41) is 2.60. The van der Waals surface area contributed by atoms with Crippen LogP contribution in [0.25, 0.3) is 10.1 Å². The summed E-state index contributed by atoms with van der Waals surface area (Å²) in [6, 6.07) is 4.47. The number of fused-ring (bicyclic) bond motifs is 1. The molecule has 2 aromatic rings. The van der Waals surface area contributed by atoms with Crippen LogP contribution in [0.15, 0.2) is 23.6 Å². The third-order valence-electron chi connectivity index (χ3n) is 3.58. The van der Waals surface area contributed by atoms with Gasteiger partial charge in [-0.05, 0) is 25.3 Å². The maximum Gasteiger partial charge on any atom is 0.417 e. The van der Waals surface area contributed by atoms with Crippen LogP contribution in [0.4, 0.5) is 18.9 Å². The molecule has 0 amide bonds. The maximum absolute atomic E-state index is 13.0. The van der Waals surface area contributed by atoms with E-state index >= 15 is 0 Å². The van der Waals surface area contributed by atoms with E-state index in [1.54, 1.807) is 6.07 Å². The Balaban J connectivity index is 2.08. The first-order chi connectivity index (χ1) is 9.07. The van der Waals surface area contributed by atoms with Crippen molar-refractivity contribution < 1.29 is 13.2 Å². The van der Waals surface area contributed by atoms with Gasteiger partial charge in [0.1, 0.15) is 0 Å². The number of hydrogen-bond donors (Lipinski definition) is 0. The van der Waals surface area contributed by atoms with Crippen LogP contribution in [0.5, 0.6) is 0 Å². The molecule has 102 valence electrons. The molecular formula is C14H14F3NS. The summed E-state index contributed by atoms with van der Waals surface area (Å²) >= 11 is 1.20. The molecule has 0 atom stereocenters. The smallest absolute Gasteiger partial charge is 0.370 e. The van der Waals surface area contributed by atoms with Gasteiger partial charge in [0.05, 0.1) is 11.3 Å². The third kappa shape index (κ3) is 2.31. The monoisotopic (exact) mass is 285 g/mol. The minimum Gasteiger partial charge on any atom is -0.370 e. The molecule has 2 heterocycles. The zero-order chi connectivity index (χ0) is 13.5. The van der Waals surface area contributed by atoms with Gasteiger partial charge in [0.25, 0.3) is 0 Å². The second-order valence-electron chi connectivity index (χ2n) is 4.85.